The molecule has 25 heavy (non-hydrogen) atoms. The van der Waals surface area contributed by atoms with Crippen LogP contribution < -0.4 is 5.32 Å². The highest BCUT2D eigenvalue weighted by atomic mass is 19.4. The highest BCUT2D eigenvalue weighted by Crippen LogP contribution is 2.55. The lowest BCUT2D eigenvalue weighted by Gasteiger charge is -2.32. The molecule has 1 aromatic carbocycles. The van der Waals surface area contributed by atoms with Gasteiger partial charge in [0.15, 0.2) is 0 Å². The number of para-hydroxylation sites is 1. The fourth-order valence-corrected chi connectivity index (χ4v) is 1.99. The second-order valence-electron chi connectivity index (χ2n) is 6.28. The second kappa shape index (κ2) is 6.38. The molecule has 1 rings (SSSR count). The van der Waals surface area contributed by atoms with Crippen LogP contribution in [0.3, 0.4) is 0 Å². The van der Waals surface area contributed by atoms with E-state index >= 15 is 0 Å². The van der Waals surface area contributed by atoms with Crippen molar-refractivity contribution in [2.24, 2.45) is 0 Å². The van der Waals surface area contributed by atoms with Crippen molar-refractivity contribution in [3.8, 4) is 0 Å². The molecular formula is C15H16F7NO2. The Balaban J connectivity index is 3.52. The Kier molecular flexibility index (Phi) is 5.37. The van der Waals surface area contributed by atoms with Crippen LogP contribution in [0.25, 0.3) is 0 Å². The number of hydrogen-bond donors (Lipinski definition) is 1. The summed E-state index contributed by atoms with van der Waals surface area (Å²) < 4.78 is 96.9. The summed E-state index contributed by atoms with van der Waals surface area (Å²) in [5, 5.41) is 1.78. The van der Waals surface area contributed by atoms with E-state index in [-0.39, 0.29) is 5.56 Å². The molecule has 1 N–H and O–H groups in total. The molecule has 0 atom stereocenters. The molecule has 0 aliphatic rings. The lowest BCUT2D eigenvalue weighted by atomic mass is 9.90. The van der Waals surface area contributed by atoms with Crippen LogP contribution in [-0.4, -0.2) is 24.0 Å². The van der Waals surface area contributed by atoms with Crippen molar-refractivity contribution < 1.29 is 40.3 Å². The minimum Gasteiger partial charge on any atom is -0.444 e. The summed E-state index contributed by atoms with van der Waals surface area (Å²) in [6.45, 7) is 5.45. The van der Waals surface area contributed by atoms with Crippen molar-refractivity contribution in [2.45, 2.75) is 51.3 Å². The molecular weight excluding hydrogens is 359 g/mol. The number of benzene rings is 1. The number of halogens is 7. The molecule has 0 unspecified atom stereocenters. The van der Waals surface area contributed by atoms with Gasteiger partial charge >= 0.3 is 24.1 Å². The van der Waals surface area contributed by atoms with E-state index in [0.29, 0.717) is 6.07 Å². The second-order valence-corrected chi connectivity index (χ2v) is 6.28. The van der Waals surface area contributed by atoms with Crippen LogP contribution in [0.15, 0.2) is 18.2 Å². The molecule has 0 bridgehead atoms. The average Bonchev–Trinajstić information content (AvgIpc) is 2.35. The summed E-state index contributed by atoms with van der Waals surface area (Å²) >= 11 is 0. The molecule has 3 nitrogen and oxygen atoms in total. The first kappa shape index (κ1) is 21.0. The van der Waals surface area contributed by atoms with Crippen molar-refractivity contribution in [3.63, 3.8) is 0 Å². The summed E-state index contributed by atoms with van der Waals surface area (Å²) in [4.78, 5) is 11.7. The van der Waals surface area contributed by atoms with Crippen LogP contribution >= 0.6 is 0 Å². The van der Waals surface area contributed by atoms with Gasteiger partial charge in [-0.05, 0) is 33.3 Å². The van der Waals surface area contributed by atoms with Gasteiger partial charge in [0.1, 0.15) is 5.60 Å². The number of ether oxygens (including phenoxy) is 1. The fraction of sp³-hybridized carbons (Fsp3) is 0.533. The maximum atomic E-state index is 14.3. The minimum absolute atomic E-state index is 0.195. The molecule has 0 aliphatic heterocycles. The smallest absolute Gasteiger partial charge is 0.436 e. The quantitative estimate of drug-likeness (QED) is 0.680. The molecule has 0 aliphatic carbocycles. The van der Waals surface area contributed by atoms with Crippen LogP contribution in [-0.2, 0) is 10.4 Å². The number of carbonyl (C=O) groups excluding carboxylic acids is 1. The van der Waals surface area contributed by atoms with Gasteiger partial charge in [-0.25, -0.2) is 9.18 Å². The number of amides is 1. The fourth-order valence-electron chi connectivity index (χ4n) is 1.99. The standard InChI is InChI=1S/C15H16F7NO2/c1-8-6-5-7-9(10(8)23-11(24)25-12(2,3)4)13(16,14(17,18)19)15(20,21)22/h5-7H,1-4H3,(H,23,24). The van der Waals surface area contributed by atoms with Crippen molar-refractivity contribution >= 4 is 11.8 Å². The molecule has 0 saturated heterocycles. The van der Waals surface area contributed by atoms with Crippen molar-refractivity contribution in [1.82, 2.24) is 0 Å². The van der Waals surface area contributed by atoms with Gasteiger partial charge in [0, 0.05) is 5.56 Å². The Morgan fingerprint density at radius 1 is 0.960 bits per heavy atom. The number of rotatable bonds is 2. The summed E-state index contributed by atoms with van der Waals surface area (Å²) in [5.41, 5.74) is -9.63. The van der Waals surface area contributed by atoms with E-state index in [2.05, 4.69) is 0 Å². The first-order valence-corrected chi connectivity index (χ1v) is 6.93. The first-order valence-electron chi connectivity index (χ1n) is 6.93. The zero-order valence-electron chi connectivity index (χ0n) is 13.7. The Labute approximate surface area is 139 Å². The topological polar surface area (TPSA) is 38.3 Å². The number of hydrogen-bond acceptors (Lipinski definition) is 2. The lowest BCUT2D eigenvalue weighted by Crippen LogP contribution is -2.51. The SMILES string of the molecule is Cc1cccc(C(F)(C(F)(F)F)C(F)(F)F)c1NC(=O)OC(C)(C)C. The average molecular weight is 375 g/mol. The van der Waals surface area contributed by atoms with Crippen LogP contribution in [0.4, 0.5) is 41.2 Å². The minimum atomic E-state index is -6.29. The molecule has 0 fully saturated rings. The number of alkyl halides is 7. The molecule has 0 radical (unpaired) electrons. The van der Waals surface area contributed by atoms with E-state index in [1.165, 1.54) is 20.8 Å². The normalized spacial score (nSPS) is 13.6. The highest BCUT2D eigenvalue weighted by molar-refractivity contribution is 5.87. The molecule has 10 heteroatoms. The summed E-state index contributed by atoms with van der Waals surface area (Å²) in [7, 11) is 0. The molecule has 0 spiro atoms. The molecule has 0 heterocycles. The van der Waals surface area contributed by atoms with Gasteiger partial charge < -0.3 is 4.74 Å². The molecule has 0 saturated carbocycles. The summed E-state index contributed by atoms with van der Waals surface area (Å²) in [6, 6.07) is 2.28. The van der Waals surface area contributed by atoms with Gasteiger partial charge in [0.2, 0.25) is 0 Å². The largest absolute Gasteiger partial charge is 0.444 e. The van der Waals surface area contributed by atoms with Crippen LogP contribution in [0.1, 0.15) is 31.9 Å². The van der Waals surface area contributed by atoms with Gasteiger partial charge in [-0.1, -0.05) is 18.2 Å². The molecule has 1 amide bonds. The maximum absolute atomic E-state index is 14.3. The maximum Gasteiger partial charge on any atom is 0.436 e. The van der Waals surface area contributed by atoms with E-state index in [4.69, 9.17) is 4.74 Å². The molecule has 1 aromatic rings. The van der Waals surface area contributed by atoms with E-state index in [1.54, 1.807) is 5.32 Å². The summed E-state index contributed by atoms with van der Waals surface area (Å²) in [6.07, 6.45) is -13.9. The predicted molar refractivity (Wildman–Crippen MR) is 75.9 cm³/mol. The van der Waals surface area contributed by atoms with E-state index in [0.717, 1.165) is 19.1 Å². The van der Waals surface area contributed by atoms with E-state index < -0.39 is 41.0 Å². The highest BCUT2D eigenvalue weighted by Gasteiger charge is 2.74. The summed E-state index contributed by atoms with van der Waals surface area (Å²) in [5.74, 6) is 0. The monoisotopic (exact) mass is 375 g/mol. The number of carbonyl (C=O) groups is 1. The Morgan fingerprint density at radius 2 is 1.44 bits per heavy atom. The molecule has 142 valence electrons. The lowest BCUT2D eigenvalue weighted by molar-refractivity contribution is -0.348. The third kappa shape index (κ3) is 4.35. The number of aryl methyl sites for hydroxylation is 1. The van der Waals surface area contributed by atoms with E-state index in [1.807, 2.05) is 0 Å². The Bertz CT molecular complexity index is 631. The van der Waals surface area contributed by atoms with E-state index in [9.17, 15) is 35.5 Å². The number of nitrogens with one attached hydrogen (secondary N) is 1. The first-order chi connectivity index (χ1) is 11.0. The Morgan fingerprint density at radius 3 is 1.84 bits per heavy atom. The number of anilines is 1. The third-order valence-corrected chi connectivity index (χ3v) is 3.05. The van der Waals surface area contributed by atoms with Crippen molar-refractivity contribution in [1.29, 1.82) is 0 Å². The van der Waals surface area contributed by atoms with Gasteiger partial charge in [0.05, 0.1) is 5.69 Å². The molecule has 0 aromatic heterocycles. The van der Waals surface area contributed by atoms with Crippen molar-refractivity contribution in [2.75, 3.05) is 5.32 Å². The zero-order valence-corrected chi connectivity index (χ0v) is 13.7. The van der Waals surface area contributed by atoms with Gasteiger partial charge in [0.25, 0.3) is 0 Å². The van der Waals surface area contributed by atoms with Gasteiger partial charge in [-0.3, -0.25) is 5.32 Å². The predicted octanol–water partition coefficient (Wildman–Crippen LogP) is 5.63. The van der Waals surface area contributed by atoms with Gasteiger partial charge in [-0.2, -0.15) is 26.3 Å². The Hall–Kier alpha value is -2.00. The van der Waals surface area contributed by atoms with Crippen LogP contribution in [0, 0.1) is 6.92 Å². The zero-order chi connectivity index (χ0) is 19.8. The van der Waals surface area contributed by atoms with Crippen molar-refractivity contribution in [3.05, 3.63) is 29.3 Å². The van der Waals surface area contributed by atoms with Crippen LogP contribution in [0.5, 0.6) is 0 Å². The van der Waals surface area contributed by atoms with Crippen LogP contribution in [0.2, 0.25) is 0 Å². The third-order valence-electron chi connectivity index (χ3n) is 3.05. The van der Waals surface area contributed by atoms with Gasteiger partial charge in [-0.15, -0.1) is 0 Å².